The summed E-state index contributed by atoms with van der Waals surface area (Å²) in [7, 11) is 3.48. The van der Waals surface area contributed by atoms with Crippen LogP contribution < -0.4 is 5.32 Å². The monoisotopic (exact) mass is 284 g/mol. The van der Waals surface area contributed by atoms with Gasteiger partial charge in [0.2, 0.25) is 0 Å². The second-order valence-corrected chi connectivity index (χ2v) is 4.76. The summed E-state index contributed by atoms with van der Waals surface area (Å²) in [6.45, 7) is 8.18. The summed E-state index contributed by atoms with van der Waals surface area (Å²) >= 11 is 0. The van der Waals surface area contributed by atoms with E-state index in [0.717, 1.165) is 58.1 Å². The highest BCUT2D eigenvalue weighted by Crippen LogP contribution is 2.13. The molecule has 0 aliphatic rings. The SMILES string of the molecule is CCNCc1occc1CN(CCCOC)CCOC. The van der Waals surface area contributed by atoms with E-state index >= 15 is 0 Å². The van der Waals surface area contributed by atoms with Gasteiger partial charge in [-0.3, -0.25) is 4.90 Å². The molecule has 0 amide bonds. The molecule has 1 aromatic heterocycles. The van der Waals surface area contributed by atoms with Gasteiger partial charge in [-0.05, 0) is 19.0 Å². The van der Waals surface area contributed by atoms with Gasteiger partial charge in [-0.15, -0.1) is 0 Å². The minimum Gasteiger partial charge on any atom is -0.468 e. The summed E-state index contributed by atoms with van der Waals surface area (Å²) in [5, 5.41) is 3.30. The molecule has 0 unspecified atom stereocenters. The largest absolute Gasteiger partial charge is 0.468 e. The van der Waals surface area contributed by atoms with Crippen molar-refractivity contribution in [1.29, 1.82) is 0 Å². The van der Waals surface area contributed by atoms with Gasteiger partial charge >= 0.3 is 0 Å². The molecule has 5 heteroatoms. The molecule has 0 aliphatic carbocycles. The highest BCUT2D eigenvalue weighted by molar-refractivity contribution is 5.16. The zero-order valence-corrected chi connectivity index (χ0v) is 13.0. The van der Waals surface area contributed by atoms with Crippen molar-refractivity contribution in [2.24, 2.45) is 0 Å². The maximum atomic E-state index is 5.55. The molecule has 1 N–H and O–H groups in total. The lowest BCUT2D eigenvalue weighted by Crippen LogP contribution is -2.29. The summed E-state index contributed by atoms with van der Waals surface area (Å²) in [5.74, 6) is 1.03. The van der Waals surface area contributed by atoms with Gasteiger partial charge in [-0.2, -0.15) is 0 Å². The maximum absolute atomic E-state index is 5.55. The van der Waals surface area contributed by atoms with Crippen molar-refractivity contribution >= 4 is 0 Å². The molecule has 0 saturated heterocycles. The van der Waals surface area contributed by atoms with Crippen LogP contribution in [-0.4, -0.2) is 52.0 Å². The molecule has 0 aromatic carbocycles. The van der Waals surface area contributed by atoms with Crippen LogP contribution in [0.3, 0.4) is 0 Å². The summed E-state index contributed by atoms with van der Waals surface area (Å²) < 4.78 is 15.9. The molecule has 0 fully saturated rings. The number of rotatable bonds is 12. The number of nitrogens with one attached hydrogen (secondary N) is 1. The van der Waals surface area contributed by atoms with Crippen molar-refractivity contribution in [1.82, 2.24) is 10.2 Å². The van der Waals surface area contributed by atoms with E-state index < -0.39 is 0 Å². The van der Waals surface area contributed by atoms with Crippen LogP contribution in [0.1, 0.15) is 24.7 Å². The Hall–Kier alpha value is -0.880. The maximum Gasteiger partial charge on any atom is 0.122 e. The molecule has 1 aromatic rings. The van der Waals surface area contributed by atoms with E-state index in [-0.39, 0.29) is 0 Å². The lowest BCUT2D eigenvalue weighted by atomic mass is 10.2. The van der Waals surface area contributed by atoms with Crippen molar-refractivity contribution in [3.8, 4) is 0 Å². The number of hydrogen-bond donors (Lipinski definition) is 1. The van der Waals surface area contributed by atoms with Crippen LogP contribution in [0.5, 0.6) is 0 Å². The van der Waals surface area contributed by atoms with Crippen LogP contribution in [0.2, 0.25) is 0 Å². The van der Waals surface area contributed by atoms with Gasteiger partial charge < -0.3 is 19.2 Å². The molecule has 1 heterocycles. The molecular formula is C15H28N2O3. The Morgan fingerprint density at radius 2 is 2.00 bits per heavy atom. The Morgan fingerprint density at radius 1 is 1.20 bits per heavy atom. The Morgan fingerprint density at radius 3 is 2.70 bits per heavy atom. The second-order valence-electron chi connectivity index (χ2n) is 4.76. The van der Waals surface area contributed by atoms with E-state index in [4.69, 9.17) is 13.9 Å². The molecule has 0 spiro atoms. The Kier molecular flexibility index (Phi) is 9.32. The third-order valence-corrected chi connectivity index (χ3v) is 3.20. The normalized spacial score (nSPS) is 11.4. The van der Waals surface area contributed by atoms with Crippen LogP contribution in [0, 0.1) is 0 Å². The molecular weight excluding hydrogens is 256 g/mol. The van der Waals surface area contributed by atoms with Gasteiger partial charge in [0.1, 0.15) is 5.76 Å². The van der Waals surface area contributed by atoms with E-state index in [0.29, 0.717) is 0 Å². The molecule has 0 aliphatic heterocycles. The van der Waals surface area contributed by atoms with Crippen molar-refractivity contribution in [3.63, 3.8) is 0 Å². The molecule has 5 nitrogen and oxygen atoms in total. The van der Waals surface area contributed by atoms with Gasteiger partial charge in [0.05, 0.1) is 19.4 Å². The average molecular weight is 284 g/mol. The summed E-state index contributed by atoms with van der Waals surface area (Å²) in [5.41, 5.74) is 1.25. The Balaban J connectivity index is 2.51. The van der Waals surface area contributed by atoms with Crippen LogP contribution in [0.4, 0.5) is 0 Å². The summed E-state index contributed by atoms with van der Waals surface area (Å²) in [6.07, 6.45) is 2.80. The van der Waals surface area contributed by atoms with E-state index in [1.165, 1.54) is 5.56 Å². The number of furan rings is 1. The topological polar surface area (TPSA) is 46.9 Å². The zero-order chi connectivity index (χ0) is 14.6. The molecule has 0 atom stereocenters. The van der Waals surface area contributed by atoms with Crippen LogP contribution in [0.15, 0.2) is 16.7 Å². The van der Waals surface area contributed by atoms with Gasteiger partial charge in [-0.25, -0.2) is 0 Å². The molecule has 1 rings (SSSR count). The van der Waals surface area contributed by atoms with Crippen molar-refractivity contribution in [2.75, 3.05) is 47.1 Å². The van der Waals surface area contributed by atoms with Crippen molar-refractivity contribution < 1.29 is 13.9 Å². The van der Waals surface area contributed by atoms with Crippen LogP contribution in [-0.2, 0) is 22.6 Å². The van der Waals surface area contributed by atoms with E-state index in [9.17, 15) is 0 Å². The first kappa shape index (κ1) is 17.2. The predicted octanol–water partition coefficient (Wildman–Crippen LogP) is 1.87. The Labute approximate surface area is 122 Å². The standard InChI is InChI=1S/C15H28N2O3/c1-4-16-12-15-14(6-10-20-15)13-17(8-11-19-3)7-5-9-18-2/h6,10,16H,4-5,7-9,11-13H2,1-3H3. The van der Waals surface area contributed by atoms with Gasteiger partial charge in [0.25, 0.3) is 0 Å². The van der Waals surface area contributed by atoms with E-state index in [1.807, 2.05) is 0 Å². The number of nitrogens with zero attached hydrogens (tertiary/aromatic N) is 1. The first-order valence-corrected chi connectivity index (χ1v) is 7.28. The van der Waals surface area contributed by atoms with Crippen LogP contribution >= 0.6 is 0 Å². The number of hydrogen-bond acceptors (Lipinski definition) is 5. The summed E-state index contributed by atoms with van der Waals surface area (Å²) in [4.78, 5) is 2.38. The quantitative estimate of drug-likeness (QED) is 0.594. The first-order valence-electron chi connectivity index (χ1n) is 7.28. The minimum absolute atomic E-state index is 0.743. The summed E-state index contributed by atoms with van der Waals surface area (Å²) in [6, 6.07) is 2.06. The van der Waals surface area contributed by atoms with Gasteiger partial charge in [-0.1, -0.05) is 6.92 Å². The molecule has 0 saturated carbocycles. The average Bonchev–Trinajstić information content (AvgIpc) is 2.89. The molecule has 0 radical (unpaired) electrons. The lowest BCUT2D eigenvalue weighted by molar-refractivity contribution is 0.129. The van der Waals surface area contributed by atoms with E-state index in [2.05, 4.69) is 23.2 Å². The Bertz CT molecular complexity index is 342. The van der Waals surface area contributed by atoms with Crippen molar-refractivity contribution in [3.05, 3.63) is 23.7 Å². The molecule has 116 valence electrons. The van der Waals surface area contributed by atoms with Gasteiger partial charge in [0.15, 0.2) is 0 Å². The number of ether oxygens (including phenoxy) is 2. The number of methoxy groups -OCH3 is 2. The van der Waals surface area contributed by atoms with Crippen molar-refractivity contribution in [2.45, 2.75) is 26.4 Å². The van der Waals surface area contributed by atoms with Gasteiger partial charge in [0, 0.05) is 46.0 Å². The third-order valence-electron chi connectivity index (χ3n) is 3.20. The fraction of sp³-hybridized carbons (Fsp3) is 0.733. The smallest absolute Gasteiger partial charge is 0.122 e. The predicted molar refractivity (Wildman–Crippen MR) is 79.7 cm³/mol. The van der Waals surface area contributed by atoms with E-state index in [1.54, 1.807) is 20.5 Å². The minimum atomic E-state index is 0.743. The first-order chi connectivity index (χ1) is 9.81. The fourth-order valence-electron chi connectivity index (χ4n) is 2.07. The third kappa shape index (κ3) is 6.52. The fourth-order valence-corrected chi connectivity index (χ4v) is 2.07. The zero-order valence-electron chi connectivity index (χ0n) is 13.0. The van der Waals surface area contributed by atoms with Crippen LogP contribution in [0.25, 0.3) is 0 Å². The lowest BCUT2D eigenvalue weighted by Gasteiger charge is -2.21. The molecule has 0 bridgehead atoms. The highest BCUT2D eigenvalue weighted by atomic mass is 16.5. The highest BCUT2D eigenvalue weighted by Gasteiger charge is 2.11. The molecule has 20 heavy (non-hydrogen) atoms. The second kappa shape index (κ2) is 10.9.